The molecule has 122 valence electrons. The van der Waals surface area contributed by atoms with Gasteiger partial charge in [-0.05, 0) is 26.2 Å². The maximum Gasteiger partial charge on any atom is 0.267 e. The van der Waals surface area contributed by atoms with Crippen LogP contribution in [0.25, 0.3) is 0 Å². The first kappa shape index (κ1) is 19.9. The summed E-state index contributed by atoms with van der Waals surface area (Å²) in [5.41, 5.74) is 0. The number of aliphatic hydroxyl groups is 1. The van der Waals surface area contributed by atoms with Crippen LogP contribution in [0.1, 0.15) is 84.5 Å². The van der Waals surface area contributed by atoms with Gasteiger partial charge in [0.05, 0.1) is 11.4 Å². The predicted molar refractivity (Wildman–Crippen MR) is 83.5 cm³/mol. The molecule has 2 unspecified atom stereocenters. The summed E-state index contributed by atoms with van der Waals surface area (Å²) in [5.74, 6) is 0. The lowest BCUT2D eigenvalue weighted by molar-refractivity contribution is 0.147. The lowest BCUT2D eigenvalue weighted by atomic mass is 10.0. The Morgan fingerprint density at radius 1 is 0.850 bits per heavy atom. The Hall–Kier alpha value is -0.130. The van der Waals surface area contributed by atoms with E-state index in [-0.39, 0.29) is 6.10 Å². The summed E-state index contributed by atoms with van der Waals surface area (Å²) in [6.07, 6.45) is 10.7. The highest BCUT2D eigenvalue weighted by Crippen LogP contribution is 2.14. The van der Waals surface area contributed by atoms with E-state index in [1.54, 1.807) is 0 Å². The third kappa shape index (κ3) is 11.7. The number of rotatable bonds is 13. The maximum atomic E-state index is 10.8. The van der Waals surface area contributed by atoms with Crippen LogP contribution in [-0.4, -0.2) is 29.4 Å². The Labute approximate surface area is 124 Å². The van der Waals surface area contributed by atoms with Crippen LogP contribution < -0.4 is 0 Å². The molecule has 20 heavy (non-hydrogen) atoms. The highest BCUT2D eigenvalue weighted by Gasteiger charge is 2.15. The summed E-state index contributed by atoms with van der Waals surface area (Å²) in [7, 11) is -3.86. The summed E-state index contributed by atoms with van der Waals surface area (Å²) in [6.45, 7) is 3.72. The van der Waals surface area contributed by atoms with E-state index in [1.807, 2.05) is 0 Å². The predicted octanol–water partition coefficient (Wildman–Crippen LogP) is 3.93. The smallest absolute Gasteiger partial charge is 0.267 e. The average Bonchev–Trinajstić information content (AvgIpc) is 2.37. The Morgan fingerprint density at radius 2 is 1.30 bits per heavy atom. The molecule has 4 nitrogen and oxygen atoms in total. The van der Waals surface area contributed by atoms with Gasteiger partial charge in [0, 0.05) is 0 Å². The quantitative estimate of drug-likeness (QED) is 0.399. The van der Waals surface area contributed by atoms with E-state index in [0.717, 1.165) is 44.9 Å². The van der Waals surface area contributed by atoms with Crippen LogP contribution in [-0.2, 0) is 10.1 Å². The highest BCUT2D eigenvalue weighted by molar-refractivity contribution is 7.86. The minimum absolute atomic E-state index is 0.177. The van der Waals surface area contributed by atoms with Crippen molar-refractivity contribution in [3.8, 4) is 0 Å². The van der Waals surface area contributed by atoms with Gasteiger partial charge in [0.2, 0.25) is 0 Å². The lowest BCUT2D eigenvalue weighted by Crippen LogP contribution is -2.16. The van der Waals surface area contributed by atoms with Gasteiger partial charge in [-0.2, -0.15) is 8.42 Å². The van der Waals surface area contributed by atoms with Gasteiger partial charge in [-0.3, -0.25) is 4.55 Å². The van der Waals surface area contributed by atoms with Crippen molar-refractivity contribution in [1.82, 2.24) is 0 Å². The molecular weight excluding hydrogens is 276 g/mol. The Balaban J connectivity index is 3.39. The van der Waals surface area contributed by atoms with Crippen molar-refractivity contribution < 1.29 is 18.1 Å². The van der Waals surface area contributed by atoms with E-state index < -0.39 is 15.4 Å². The third-order valence-electron chi connectivity index (χ3n) is 3.80. The molecular formula is C15H32O4S. The van der Waals surface area contributed by atoms with Gasteiger partial charge < -0.3 is 5.11 Å². The number of aliphatic hydroxyl groups excluding tert-OH is 1. The van der Waals surface area contributed by atoms with Crippen molar-refractivity contribution in [1.29, 1.82) is 0 Å². The van der Waals surface area contributed by atoms with Gasteiger partial charge in [0.15, 0.2) is 0 Å². The first-order valence-corrected chi connectivity index (χ1v) is 9.52. The molecule has 2 atom stereocenters. The first-order chi connectivity index (χ1) is 9.38. The van der Waals surface area contributed by atoms with Crippen LogP contribution >= 0.6 is 0 Å². The van der Waals surface area contributed by atoms with Crippen molar-refractivity contribution in [2.24, 2.45) is 0 Å². The number of hydrogen-bond acceptors (Lipinski definition) is 3. The molecule has 0 fully saturated rings. The van der Waals surface area contributed by atoms with E-state index in [1.165, 1.54) is 26.2 Å². The van der Waals surface area contributed by atoms with Crippen molar-refractivity contribution in [3.05, 3.63) is 0 Å². The van der Waals surface area contributed by atoms with Crippen LogP contribution in [0, 0.1) is 0 Å². The first-order valence-electron chi connectivity index (χ1n) is 8.02. The van der Waals surface area contributed by atoms with Crippen molar-refractivity contribution in [3.63, 3.8) is 0 Å². The van der Waals surface area contributed by atoms with E-state index in [4.69, 9.17) is 4.55 Å². The Bertz CT molecular complexity index is 314. The average molecular weight is 308 g/mol. The molecule has 0 heterocycles. The molecule has 0 radical (unpaired) electrons. The fraction of sp³-hybridized carbons (Fsp3) is 1.00. The summed E-state index contributed by atoms with van der Waals surface area (Å²) >= 11 is 0. The summed E-state index contributed by atoms with van der Waals surface area (Å²) < 4.78 is 30.4. The fourth-order valence-corrected chi connectivity index (χ4v) is 2.73. The highest BCUT2D eigenvalue weighted by atomic mass is 32.2. The fourth-order valence-electron chi connectivity index (χ4n) is 2.27. The monoisotopic (exact) mass is 308 g/mol. The molecule has 0 saturated carbocycles. The van der Waals surface area contributed by atoms with E-state index in [2.05, 4.69) is 6.92 Å². The van der Waals surface area contributed by atoms with Crippen LogP contribution in [0.15, 0.2) is 0 Å². The zero-order valence-corrected chi connectivity index (χ0v) is 13.9. The molecule has 0 aliphatic heterocycles. The SMILES string of the molecule is CCCCCCC(O)CCCCCCC(C)S(=O)(=O)O. The minimum Gasteiger partial charge on any atom is -0.393 e. The standard InChI is InChI=1S/C15H32O4S/c1-3-4-5-9-12-15(16)13-10-7-6-8-11-14(2)20(17,18)19/h14-16H,3-13H2,1-2H3,(H,17,18,19). The van der Waals surface area contributed by atoms with E-state index in [0.29, 0.717) is 6.42 Å². The molecule has 0 saturated heterocycles. The second-order valence-corrected chi connectivity index (χ2v) is 7.65. The van der Waals surface area contributed by atoms with E-state index in [9.17, 15) is 13.5 Å². The number of unbranched alkanes of at least 4 members (excludes halogenated alkanes) is 6. The van der Waals surface area contributed by atoms with Crippen molar-refractivity contribution >= 4 is 10.1 Å². The van der Waals surface area contributed by atoms with E-state index >= 15 is 0 Å². The minimum atomic E-state index is -3.86. The molecule has 2 N–H and O–H groups in total. The molecule has 5 heteroatoms. The van der Waals surface area contributed by atoms with Gasteiger partial charge in [-0.1, -0.05) is 58.3 Å². The van der Waals surface area contributed by atoms with Gasteiger partial charge >= 0.3 is 0 Å². The molecule has 0 aromatic heterocycles. The van der Waals surface area contributed by atoms with Gasteiger partial charge in [0.1, 0.15) is 0 Å². The number of hydrogen-bond donors (Lipinski definition) is 2. The van der Waals surface area contributed by atoms with Crippen molar-refractivity contribution in [2.75, 3.05) is 0 Å². The summed E-state index contributed by atoms with van der Waals surface area (Å²) in [5, 5.41) is 9.13. The van der Waals surface area contributed by atoms with Crippen LogP contribution in [0.3, 0.4) is 0 Å². The van der Waals surface area contributed by atoms with Crippen molar-refractivity contribution in [2.45, 2.75) is 95.8 Å². The van der Waals surface area contributed by atoms with Crippen LogP contribution in [0.4, 0.5) is 0 Å². The van der Waals surface area contributed by atoms with Crippen LogP contribution in [0.2, 0.25) is 0 Å². The molecule has 0 aromatic rings. The summed E-state index contributed by atoms with van der Waals surface area (Å²) in [6, 6.07) is 0. The normalized spacial score (nSPS) is 15.2. The maximum absolute atomic E-state index is 10.8. The molecule has 0 amide bonds. The Morgan fingerprint density at radius 3 is 1.75 bits per heavy atom. The molecule has 0 rings (SSSR count). The molecule has 0 aliphatic carbocycles. The Kier molecular flexibility index (Phi) is 11.4. The van der Waals surface area contributed by atoms with Gasteiger partial charge in [-0.15, -0.1) is 0 Å². The largest absolute Gasteiger partial charge is 0.393 e. The second-order valence-electron chi connectivity index (χ2n) is 5.82. The van der Waals surface area contributed by atoms with Gasteiger partial charge in [0.25, 0.3) is 10.1 Å². The second kappa shape index (κ2) is 11.5. The lowest BCUT2D eigenvalue weighted by Gasteiger charge is -2.10. The van der Waals surface area contributed by atoms with Gasteiger partial charge in [-0.25, -0.2) is 0 Å². The zero-order valence-electron chi connectivity index (χ0n) is 13.1. The van der Waals surface area contributed by atoms with Crippen LogP contribution in [0.5, 0.6) is 0 Å². The zero-order chi connectivity index (χ0) is 15.4. The topological polar surface area (TPSA) is 74.6 Å². The summed E-state index contributed by atoms with van der Waals surface area (Å²) in [4.78, 5) is 0. The molecule has 0 aliphatic rings. The molecule has 0 aromatic carbocycles. The third-order valence-corrected chi connectivity index (χ3v) is 5.05. The molecule has 0 spiro atoms. The molecule has 0 bridgehead atoms.